The number of fused-ring (bicyclic) bond motifs is 1. The third-order valence-corrected chi connectivity index (χ3v) is 7.06. The number of aromatic nitrogens is 2. The molecule has 0 aliphatic heterocycles. The Morgan fingerprint density at radius 2 is 1.81 bits per heavy atom. The summed E-state index contributed by atoms with van der Waals surface area (Å²) in [5.41, 5.74) is 1.82. The molecule has 1 aliphatic rings. The minimum atomic E-state index is -0.329. The first-order chi connectivity index (χ1) is 15.1. The van der Waals surface area contributed by atoms with E-state index in [2.05, 4.69) is 0 Å². The van der Waals surface area contributed by atoms with E-state index in [4.69, 9.17) is 4.98 Å². The lowest BCUT2D eigenvalue weighted by atomic mass is 10.2. The van der Waals surface area contributed by atoms with E-state index in [9.17, 15) is 9.59 Å². The predicted molar refractivity (Wildman–Crippen MR) is 126 cm³/mol. The molecule has 5 nitrogen and oxygen atoms in total. The van der Waals surface area contributed by atoms with E-state index in [1.165, 1.54) is 11.8 Å². The van der Waals surface area contributed by atoms with Gasteiger partial charge in [0.05, 0.1) is 16.2 Å². The van der Waals surface area contributed by atoms with Crippen molar-refractivity contribution in [1.82, 2.24) is 14.5 Å². The Balaban J connectivity index is 1.62. The van der Waals surface area contributed by atoms with Gasteiger partial charge < -0.3 is 4.90 Å². The maximum Gasteiger partial charge on any atom is 0.262 e. The second-order valence-corrected chi connectivity index (χ2v) is 9.43. The molecule has 1 saturated carbocycles. The molecule has 162 valence electrons. The van der Waals surface area contributed by atoms with Crippen LogP contribution >= 0.6 is 11.8 Å². The minimum Gasteiger partial charge on any atom is -0.338 e. The summed E-state index contributed by atoms with van der Waals surface area (Å²) in [5.74, 6) is 0.0664. The highest BCUT2D eigenvalue weighted by molar-refractivity contribution is 8.00. The summed E-state index contributed by atoms with van der Waals surface area (Å²) in [7, 11) is 0. The van der Waals surface area contributed by atoms with Gasteiger partial charge in [-0.3, -0.25) is 14.2 Å². The van der Waals surface area contributed by atoms with Crippen LogP contribution < -0.4 is 5.56 Å². The SMILES string of the molecule is CCN(Cc1ccccc1)C(=O)C(C)Sc1nc2ccccc2c(=O)n1C1CCCC1. The summed E-state index contributed by atoms with van der Waals surface area (Å²) in [5, 5.41) is 0.980. The third kappa shape index (κ3) is 4.69. The zero-order valence-corrected chi connectivity index (χ0v) is 19.0. The fraction of sp³-hybridized carbons (Fsp3) is 0.400. The lowest BCUT2D eigenvalue weighted by molar-refractivity contribution is -0.130. The summed E-state index contributed by atoms with van der Waals surface area (Å²) >= 11 is 1.41. The number of benzene rings is 2. The van der Waals surface area contributed by atoms with Crippen LogP contribution in [0, 0.1) is 0 Å². The molecule has 0 bridgehead atoms. The van der Waals surface area contributed by atoms with E-state index in [-0.39, 0.29) is 22.8 Å². The van der Waals surface area contributed by atoms with Crippen molar-refractivity contribution in [3.63, 3.8) is 0 Å². The van der Waals surface area contributed by atoms with E-state index >= 15 is 0 Å². The van der Waals surface area contributed by atoms with Crippen molar-refractivity contribution in [3.8, 4) is 0 Å². The molecule has 1 aliphatic carbocycles. The van der Waals surface area contributed by atoms with Crippen molar-refractivity contribution in [2.45, 2.75) is 62.5 Å². The van der Waals surface area contributed by atoms with Crippen LogP contribution in [0.4, 0.5) is 0 Å². The Bertz CT molecular complexity index is 1110. The number of hydrogen-bond donors (Lipinski definition) is 0. The average Bonchev–Trinajstić information content (AvgIpc) is 3.32. The Kier molecular flexibility index (Phi) is 6.76. The van der Waals surface area contributed by atoms with Crippen LogP contribution in [0.2, 0.25) is 0 Å². The van der Waals surface area contributed by atoms with Gasteiger partial charge in [-0.25, -0.2) is 4.98 Å². The maximum atomic E-state index is 13.3. The van der Waals surface area contributed by atoms with E-state index in [0.717, 1.165) is 31.2 Å². The standard InChI is InChI=1S/C25H29N3O2S/c1-3-27(17-19-11-5-4-6-12-19)23(29)18(2)31-25-26-22-16-10-9-15-21(22)24(30)28(25)20-13-7-8-14-20/h4-6,9-12,15-16,18,20H,3,7-8,13-14,17H2,1-2H3. The van der Waals surface area contributed by atoms with Crippen molar-refractivity contribution in [3.05, 3.63) is 70.5 Å². The van der Waals surface area contributed by atoms with Gasteiger partial charge in [0.15, 0.2) is 5.16 Å². The van der Waals surface area contributed by atoms with Gasteiger partial charge in [0.25, 0.3) is 5.56 Å². The summed E-state index contributed by atoms with van der Waals surface area (Å²) in [6.45, 7) is 5.14. The summed E-state index contributed by atoms with van der Waals surface area (Å²) in [6, 6.07) is 17.7. The van der Waals surface area contributed by atoms with Crippen molar-refractivity contribution >= 4 is 28.6 Å². The summed E-state index contributed by atoms with van der Waals surface area (Å²) in [6.07, 6.45) is 4.24. The fourth-order valence-corrected chi connectivity index (χ4v) is 5.37. The van der Waals surface area contributed by atoms with Crippen LogP contribution in [0.3, 0.4) is 0 Å². The van der Waals surface area contributed by atoms with Gasteiger partial charge in [0.1, 0.15) is 0 Å². The minimum absolute atomic E-state index is 0.0104. The number of hydrogen-bond acceptors (Lipinski definition) is 4. The first kappa shape index (κ1) is 21.6. The first-order valence-electron chi connectivity index (χ1n) is 11.1. The number of carbonyl (C=O) groups is 1. The second kappa shape index (κ2) is 9.69. The molecule has 2 aromatic carbocycles. The molecular weight excluding hydrogens is 406 g/mol. The average molecular weight is 436 g/mol. The Labute approximate surface area is 187 Å². The Hall–Kier alpha value is -2.60. The van der Waals surface area contributed by atoms with Crippen molar-refractivity contribution in [2.75, 3.05) is 6.54 Å². The smallest absolute Gasteiger partial charge is 0.262 e. The zero-order chi connectivity index (χ0) is 21.8. The quantitative estimate of drug-likeness (QED) is 0.385. The summed E-state index contributed by atoms with van der Waals surface area (Å²) < 4.78 is 1.86. The van der Waals surface area contributed by atoms with E-state index in [1.54, 1.807) is 0 Å². The van der Waals surface area contributed by atoms with Gasteiger partial charge in [-0.05, 0) is 44.4 Å². The normalized spacial score (nSPS) is 15.3. The molecule has 1 amide bonds. The molecule has 3 aromatic rings. The molecule has 0 N–H and O–H groups in total. The van der Waals surface area contributed by atoms with Crippen LogP contribution in [0.15, 0.2) is 64.5 Å². The number of nitrogens with zero attached hydrogens (tertiary/aromatic N) is 3. The molecule has 31 heavy (non-hydrogen) atoms. The van der Waals surface area contributed by atoms with Gasteiger partial charge in [0.2, 0.25) is 5.91 Å². The number of carbonyl (C=O) groups excluding carboxylic acids is 1. The molecule has 6 heteroatoms. The van der Waals surface area contributed by atoms with Gasteiger partial charge in [-0.2, -0.15) is 0 Å². The Morgan fingerprint density at radius 1 is 1.13 bits per heavy atom. The van der Waals surface area contributed by atoms with Gasteiger partial charge >= 0.3 is 0 Å². The first-order valence-corrected chi connectivity index (χ1v) is 12.0. The summed E-state index contributed by atoms with van der Waals surface area (Å²) in [4.78, 5) is 33.3. The van der Waals surface area contributed by atoms with E-state index in [0.29, 0.717) is 29.1 Å². The maximum absolute atomic E-state index is 13.3. The van der Waals surface area contributed by atoms with Crippen LogP contribution in [-0.2, 0) is 11.3 Å². The molecule has 1 fully saturated rings. The highest BCUT2D eigenvalue weighted by Crippen LogP contribution is 2.33. The lowest BCUT2D eigenvalue weighted by Gasteiger charge is -2.25. The molecule has 4 rings (SSSR count). The topological polar surface area (TPSA) is 55.2 Å². The van der Waals surface area contributed by atoms with E-state index in [1.807, 2.05) is 77.9 Å². The highest BCUT2D eigenvalue weighted by atomic mass is 32.2. The van der Waals surface area contributed by atoms with Crippen LogP contribution in [-0.4, -0.2) is 32.2 Å². The molecule has 1 unspecified atom stereocenters. The number of amides is 1. The molecule has 1 heterocycles. The molecule has 0 saturated heterocycles. The number of rotatable bonds is 7. The molecule has 1 aromatic heterocycles. The largest absolute Gasteiger partial charge is 0.338 e. The fourth-order valence-electron chi connectivity index (χ4n) is 4.31. The van der Waals surface area contributed by atoms with Crippen LogP contribution in [0.5, 0.6) is 0 Å². The van der Waals surface area contributed by atoms with Crippen LogP contribution in [0.1, 0.15) is 51.1 Å². The number of para-hydroxylation sites is 1. The molecule has 0 radical (unpaired) electrons. The number of thioether (sulfide) groups is 1. The Morgan fingerprint density at radius 3 is 2.52 bits per heavy atom. The molecular formula is C25H29N3O2S. The van der Waals surface area contributed by atoms with Gasteiger partial charge in [-0.15, -0.1) is 0 Å². The van der Waals surface area contributed by atoms with Gasteiger partial charge in [-0.1, -0.05) is 67.1 Å². The molecule has 1 atom stereocenters. The monoisotopic (exact) mass is 435 g/mol. The van der Waals surface area contributed by atoms with Crippen molar-refractivity contribution < 1.29 is 4.79 Å². The van der Waals surface area contributed by atoms with Crippen molar-refractivity contribution in [1.29, 1.82) is 0 Å². The lowest BCUT2D eigenvalue weighted by Crippen LogP contribution is -2.36. The van der Waals surface area contributed by atoms with Crippen LogP contribution in [0.25, 0.3) is 10.9 Å². The second-order valence-electron chi connectivity index (χ2n) is 8.12. The van der Waals surface area contributed by atoms with Crippen molar-refractivity contribution in [2.24, 2.45) is 0 Å². The predicted octanol–water partition coefficient (Wildman–Crippen LogP) is 5.04. The molecule has 0 spiro atoms. The third-order valence-electron chi connectivity index (χ3n) is 6.00. The zero-order valence-electron chi connectivity index (χ0n) is 18.2. The van der Waals surface area contributed by atoms with E-state index < -0.39 is 0 Å². The highest BCUT2D eigenvalue weighted by Gasteiger charge is 2.27. The van der Waals surface area contributed by atoms with Gasteiger partial charge in [0, 0.05) is 19.1 Å².